The number of hydrogen-bond acceptors (Lipinski definition) is 4. The number of hydrogen-bond donors (Lipinski definition) is 0. The summed E-state index contributed by atoms with van der Waals surface area (Å²) in [5, 5.41) is 3.33. The Hall–Kier alpha value is -2.47. The average molecular weight is 414 g/mol. The number of aryl methyl sites for hydroxylation is 1. The molecule has 0 aliphatic rings. The van der Waals surface area contributed by atoms with Crippen molar-refractivity contribution in [3.05, 3.63) is 84.8 Å². The fourth-order valence-corrected chi connectivity index (χ4v) is 4.01. The van der Waals surface area contributed by atoms with Gasteiger partial charge in [0.15, 0.2) is 5.15 Å². The number of nitrogens with zero attached hydrogens (tertiary/aromatic N) is 3. The van der Waals surface area contributed by atoms with Gasteiger partial charge in [-0.05, 0) is 42.8 Å². The minimum absolute atomic E-state index is 0.174. The van der Waals surface area contributed by atoms with Crippen molar-refractivity contribution in [1.29, 1.82) is 0 Å². The third-order valence-electron chi connectivity index (χ3n) is 4.13. The normalized spacial score (nSPS) is 11.5. The molecule has 0 N–H and O–H groups in total. The Balaban J connectivity index is 1.99. The molecule has 134 valence electrons. The lowest BCUT2D eigenvalue weighted by Gasteiger charge is -2.11. The van der Waals surface area contributed by atoms with E-state index in [-0.39, 0.29) is 10.7 Å². The summed E-state index contributed by atoms with van der Waals surface area (Å²) in [6.07, 6.45) is 5.17. The Morgan fingerprint density at radius 1 is 1.11 bits per heavy atom. The van der Waals surface area contributed by atoms with Crippen LogP contribution in [-0.4, -0.2) is 14.5 Å². The fraction of sp³-hybridized carbons (Fsp3) is 0.0500. The van der Waals surface area contributed by atoms with Gasteiger partial charge in [-0.2, -0.15) is 0 Å². The summed E-state index contributed by atoms with van der Waals surface area (Å²) in [6, 6.07) is 11.0. The molecular formula is C20H13Cl2N3OS. The molecule has 0 bridgehead atoms. The molecule has 0 atom stereocenters. The molecule has 27 heavy (non-hydrogen) atoms. The summed E-state index contributed by atoms with van der Waals surface area (Å²) >= 11 is 14.0. The van der Waals surface area contributed by atoms with Crippen molar-refractivity contribution in [2.75, 3.05) is 0 Å². The molecule has 0 radical (unpaired) electrons. The number of aromatic nitrogens is 3. The molecular weight excluding hydrogens is 401 g/mol. The molecule has 4 aromatic rings. The SMILES string of the molecule is Cc1scc2nc(/C=C/c3ccccc3Cl)n(-c3cccnc3Cl)c(=O)c12. The van der Waals surface area contributed by atoms with Crippen molar-refractivity contribution in [2.45, 2.75) is 6.92 Å². The molecule has 7 heteroatoms. The number of benzene rings is 1. The van der Waals surface area contributed by atoms with Gasteiger partial charge in [-0.25, -0.2) is 9.97 Å². The Morgan fingerprint density at radius 2 is 1.93 bits per heavy atom. The molecule has 0 saturated carbocycles. The second kappa shape index (κ2) is 7.27. The Labute approximate surface area is 169 Å². The van der Waals surface area contributed by atoms with Crippen molar-refractivity contribution in [3.8, 4) is 5.69 Å². The number of rotatable bonds is 3. The quantitative estimate of drug-likeness (QED) is 0.409. The maximum Gasteiger partial charge on any atom is 0.267 e. The van der Waals surface area contributed by atoms with Crippen LogP contribution in [0.1, 0.15) is 16.3 Å². The van der Waals surface area contributed by atoms with Crippen molar-refractivity contribution in [3.63, 3.8) is 0 Å². The van der Waals surface area contributed by atoms with Crippen LogP contribution in [0.5, 0.6) is 0 Å². The predicted octanol–water partition coefficient (Wildman–Crippen LogP) is 5.63. The molecule has 0 aliphatic carbocycles. The van der Waals surface area contributed by atoms with Crippen LogP contribution in [0.15, 0.2) is 52.8 Å². The highest BCUT2D eigenvalue weighted by Crippen LogP contribution is 2.25. The van der Waals surface area contributed by atoms with Gasteiger partial charge in [0.05, 0.1) is 16.6 Å². The van der Waals surface area contributed by atoms with Crippen LogP contribution in [0.4, 0.5) is 0 Å². The van der Waals surface area contributed by atoms with Gasteiger partial charge in [0.1, 0.15) is 5.82 Å². The van der Waals surface area contributed by atoms with E-state index in [2.05, 4.69) is 9.97 Å². The average Bonchev–Trinajstić information content (AvgIpc) is 3.03. The van der Waals surface area contributed by atoms with Crippen LogP contribution in [-0.2, 0) is 0 Å². The molecule has 3 heterocycles. The second-order valence-corrected chi connectivity index (χ2v) is 7.68. The van der Waals surface area contributed by atoms with Gasteiger partial charge in [0.25, 0.3) is 5.56 Å². The third-order valence-corrected chi connectivity index (χ3v) is 5.67. The first-order valence-electron chi connectivity index (χ1n) is 8.10. The predicted molar refractivity (Wildman–Crippen MR) is 113 cm³/mol. The second-order valence-electron chi connectivity index (χ2n) is 5.83. The van der Waals surface area contributed by atoms with E-state index in [0.717, 1.165) is 10.4 Å². The lowest BCUT2D eigenvalue weighted by Crippen LogP contribution is -2.22. The molecule has 0 aliphatic heterocycles. The molecule has 4 rings (SSSR count). The van der Waals surface area contributed by atoms with E-state index >= 15 is 0 Å². The highest BCUT2D eigenvalue weighted by atomic mass is 35.5. The molecule has 0 spiro atoms. The summed E-state index contributed by atoms with van der Waals surface area (Å²) in [7, 11) is 0. The van der Waals surface area contributed by atoms with E-state index in [9.17, 15) is 4.79 Å². The van der Waals surface area contributed by atoms with Gasteiger partial charge in [-0.1, -0.05) is 41.4 Å². The largest absolute Gasteiger partial charge is 0.268 e. The Morgan fingerprint density at radius 3 is 2.70 bits per heavy atom. The van der Waals surface area contributed by atoms with Crippen molar-refractivity contribution < 1.29 is 0 Å². The van der Waals surface area contributed by atoms with Gasteiger partial charge in [-0.3, -0.25) is 9.36 Å². The van der Waals surface area contributed by atoms with E-state index in [1.165, 1.54) is 15.9 Å². The maximum absolute atomic E-state index is 13.2. The molecule has 0 saturated heterocycles. The van der Waals surface area contributed by atoms with Gasteiger partial charge in [0.2, 0.25) is 0 Å². The molecule has 0 unspecified atom stereocenters. The van der Waals surface area contributed by atoms with Crippen LogP contribution >= 0.6 is 34.5 Å². The van der Waals surface area contributed by atoms with E-state index in [0.29, 0.717) is 27.4 Å². The molecule has 0 fully saturated rings. The molecule has 3 aromatic heterocycles. The highest BCUT2D eigenvalue weighted by Gasteiger charge is 2.16. The topological polar surface area (TPSA) is 47.8 Å². The van der Waals surface area contributed by atoms with Crippen LogP contribution in [0.25, 0.3) is 28.7 Å². The zero-order chi connectivity index (χ0) is 19.0. The lowest BCUT2D eigenvalue weighted by molar-refractivity contribution is 0.936. The first-order valence-corrected chi connectivity index (χ1v) is 9.74. The van der Waals surface area contributed by atoms with E-state index in [1.807, 2.05) is 42.6 Å². The van der Waals surface area contributed by atoms with E-state index in [4.69, 9.17) is 23.2 Å². The first kappa shape index (κ1) is 17.9. The standard InChI is InChI=1S/C20H13Cl2N3OS/c1-12-18-15(11-27-12)24-17(9-8-13-5-2-3-6-14(13)21)25(20(18)26)16-7-4-10-23-19(16)22/h2-11H,1H3/b9-8+. The maximum atomic E-state index is 13.2. The molecule has 0 amide bonds. The summed E-state index contributed by atoms with van der Waals surface area (Å²) < 4.78 is 1.49. The minimum atomic E-state index is -0.174. The van der Waals surface area contributed by atoms with Gasteiger partial charge in [0, 0.05) is 21.5 Å². The third kappa shape index (κ3) is 3.30. The zero-order valence-corrected chi connectivity index (χ0v) is 16.5. The van der Waals surface area contributed by atoms with Crippen LogP contribution in [0.3, 0.4) is 0 Å². The summed E-state index contributed by atoms with van der Waals surface area (Å²) in [5.74, 6) is 0.458. The summed E-state index contributed by atoms with van der Waals surface area (Å²) in [4.78, 5) is 22.9. The summed E-state index contributed by atoms with van der Waals surface area (Å²) in [6.45, 7) is 1.91. The minimum Gasteiger partial charge on any atom is -0.268 e. The zero-order valence-electron chi connectivity index (χ0n) is 14.2. The summed E-state index contributed by atoms with van der Waals surface area (Å²) in [5.41, 5.74) is 1.81. The van der Waals surface area contributed by atoms with Crippen LogP contribution in [0, 0.1) is 6.92 Å². The van der Waals surface area contributed by atoms with Gasteiger partial charge >= 0.3 is 0 Å². The number of thiophene rings is 1. The van der Waals surface area contributed by atoms with Crippen molar-refractivity contribution in [2.24, 2.45) is 0 Å². The van der Waals surface area contributed by atoms with Crippen LogP contribution < -0.4 is 5.56 Å². The highest BCUT2D eigenvalue weighted by molar-refractivity contribution is 7.11. The smallest absolute Gasteiger partial charge is 0.267 e. The van der Waals surface area contributed by atoms with E-state index in [1.54, 1.807) is 24.4 Å². The van der Waals surface area contributed by atoms with Crippen molar-refractivity contribution in [1.82, 2.24) is 14.5 Å². The number of pyridine rings is 1. The fourth-order valence-electron chi connectivity index (χ4n) is 2.84. The Kier molecular flexibility index (Phi) is 4.83. The first-order chi connectivity index (χ1) is 13.1. The Bertz CT molecular complexity index is 1240. The lowest BCUT2D eigenvalue weighted by atomic mass is 10.2. The van der Waals surface area contributed by atoms with Crippen molar-refractivity contribution >= 4 is 57.6 Å². The monoisotopic (exact) mass is 413 g/mol. The molecule has 1 aromatic carbocycles. The number of halogens is 2. The molecule has 4 nitrogen and oxygen atoms in total. The number of fused-ring (bicyclic) bond motifs is 1. The van der Waals surface area contributed by atoms with E-state index < -0.39 is 0 Å². The van der Waals surface area contributed by atoms with Gasteiger partial charge in [-0.15, -0.1) is 11.3 Å². The van der Waals surface area contributed by atoms with Gasteiger partial charge < -0.3 is 0 Å². The van der Waals surface area contributed by atoms with Crippen LogP contribution in [0.2, 0.25) is 10.2 Å².